The average molecular weight is 462 g/mol. The predicted molar refractivity (Wildman–Crippen MR) is 134 cm³/mol. The number of nitrogens with two attached hydrogens (primary N) is 2. The molecule has 6 aromatic rings. The van der Waals surface area contributed by atoms with Crippen molar-refractivity contribution in [1.29, 1.82) is 0 Å². The first-order valence-corrected chi connectivity index (χ1v) is 10.9. The molecule has 170 valence electrons. The minimum atomic E-state index is -0.344. The van der Waals surface area contributed by atoms with E-state index < -0.39 is 0 Å². The molecule has 8 nitrogen and oxygen atoms in total. The van der Waals surface area contributed by atoms with Crippen LogP contribution in [0.4, 0.5) is 16.0 Å². The van der Waals surface area contributed by atoms with Crippen molar-refractivity contribution in [3.63, 3.8) is 0 Å². The summed E-state index contributed by atoms with van der Waals surface area (Å²) >= 11 is 0. The summed E-state index contributed by atoms with van der Waals surface area (Å²) in [4.78, 5) is 17.5. The maximum atomic E-state index is 14.8. The van der Waals surface area contributed by atoms with Crippen LogP contribution in [0.1, 0.15) is 5.56 Å². The van der Waals surface area contributed by atoms with Crippen LogP contribution in [-0.4, -0.2) is 29.7 Å². The summed E-state index contributed by atoms with van der Waals surface area (Å²) in [5, 5.41) is 6.44. The molecular weight excluding hydrogens is 443 g/mol. The van der Waals surface area contributed by atoms with Gasteiger partial charge in [-0.25, -0.2) is 29.0 Å². The zero-order chi connectivity index (χ0) is 23.9. The number of halogens is 1. The van der Waals surface area contributed by atoms with E-state index in [1.54, 1.807) is 47.5 Å². The number of benzene rings is 2. The fraction of sp³-hybridized carbons (Fsp3) is 0.0385. The fourth-order valence-electron chi connectivity index (χ4n) is 4.22. The third-order valence-electron chi connectivity index (χ3n) is 5.86. The van der Waals surface area contributed by atoms with Crippen molar-refractivity contribution in [2.45, 2.75) is 6.54 Å². The minimum absolute atomic E-state index is 0.167. The number of pyridine rings is 2. The maximum absolute atomic E-state index is 14.8. The Morgan fingerprint density at radius 2 is 1.63 bits per heavy atom. The van der Waals surface area contributed by atoms with Crippen LogP contribution in [0.15, 0.2) is 79.3 Å². The van der Waals surface area contributed by atoms with E-state index in [1.165, 1.54) is 6.07 Å². The van der Waals surface area contributed by atoms with E-state index in [2.05, 4.69) is 15.0 Å². The van der Waals surface area contributed by atoms with Crippen molar-refractivity contribution < 1.29 is 4.39 Å². The Morgan fingerprint density at radius 3 is 2.46 bits per heavy atom. The first kappa shape index (κ1) is 20.7. The summed E-state index contributed by atoms with van der Waals surface area (Å²) in [6.07, 6.45) is 4.84. The van der Waals surface area contributed by atoms with Crippen molar-refractivity contribution in [2.24, 2.45) is 0 Å². The van der Waals surface area contributed by atoms with E-state index in [0.29, 0.717) is 45.8 Å². The van der Waals surface area contributed by atoms with Gasteiger partial charge in [0, 0.05) is 46.4 Å². The molecule has 0 spiro atoms. The molecule has 0 atom stereocenters. The maximum Gasteiger partial charge on any atom is 0.219 e. The van der Waals surface area contributed by atoms with Crippen LogP contribution in [0, 0.1) is 5.82 Å². The van der Waals surface area contributed by atoms with Gasteiger partial charge < -0.3 is 11.5 Å². The predicted octanol–water partition coefficient (Wildman–Crippen LogP) is 4.46. The van der Waals surface area contributed by atoms with Crippen LogP contribution in [-0.2, 0) is 6.54 Å². The highest BCUT2D eigenvalue weighted by Gasteiger charge is 2.19. The van der Waals surface area contributed by atoms with Gasteiger partial charge in [-0.05, 0) is 30.3 Å². The quantitative estimate of drug-likeness (QED) is 0.397. The first-order chi connectivity index (χ1) is 17.1. The lowest BCUT2D eigenvalue weighted by Crippen LogP contribution is -2.06. The number of nitrogen functional groups attached to an aromatic ring is 2. The van der Waals surface area contributed by atoms with E-state index >= 15 is 0 Å². The number of rotatable bonds is 4. The van der Waals surface area contributed by atoms with Gasteiger partial charge in [-0.3, -0.25) is 0 Å². The Morgan fingerprint density at radius 1 is 0.857 bits per heavy atom. The van der Waals surface area contributed by atoms with Crippen molar-refractivity contribution in [3.8, 4) is 22.5 Å². The van der Waals surface area contributed by atoms with E-state index in [-0.39, 0.29) is 11.8 Å². The Hall–Kier alpha value is -4.92. The van der Waals surface area contributed by atoms with E-state index in [1.807, 2.05) is 30.3 Å². The molecule has 4 N–H and O–H groups in total. The van der Waals surface area contributed by atoms with Gasteiger partial charge in [-0.15, -0.1) is 0 Å². The SMILES string of the molecule is Nc1ncc(-c2nn(Cc3cc4ccccc4nc3-c3ccccc3F)c3nccc(N)c23)cn1. The third-order valence-corrected chi connectivity index (χ3v) is 5.86. The third kappa shape index (κ3) is 3.59. The Balaban J connectivity index is 1.57. The molecule has 9 heteroatoms. The van der Waals surface area contributed by atoms with Crippen LogP contribution in [0.5, 0.6) is 0 Å². The van der Waals surface area contributed by atoms with Gasteiger partial charge in [0.05, 0.1) is 23.1 Å². The molecular formula is C26H19FN8. The van der Waals surface area contributed by atoms with Crippen molar-refractivity contribution in [3.05, 3.63) is 90.6 Å². The lowest BCUT2D eigenvalue weighted by Gasteiger charge is -2.12. The molecule has 0 aliphatic rings. The summed E-state index contributed by atoms with van der Waals surface area (Å²) in [7, 11) is 0. The smallest absolute Gasteiger partial charge is 0.219 e. The first-order valence-electron chi connectivity index (χ1n) is 10.9. The van der Waals surface area contributed by atoms with Crippen molar-refractivity contribution >= 4 is 33.6 Å². The molecule has 0 bridgehead atoms. The molecule has 6 rings (SSSR count). The van der Waals surface area contributed by atoms with Crippen LogP contribution in [0.25, 0.3) is 44.5 Å². The highest BCUT2D eigenvalue weighted by Crippen LogP contribution is 2.33. The summed E-state index contributed by atoms with van der Waals surface area (Å²) in [5.41, 5.74) is 16.9. The zero-order valence-electron chi connectivity index (χ0n) is 18.4. The number of hydrogen-bond donors (Lipinski definition) is 2. The van der Waals surface area contributed by atoms with Crippen molar-refractivity contribution in [1.82, 2.24) is 29.7 Å². The zero-order valence-corrected chi connectivity index (χ0v) is 18.4. The second-order valence-corrected chi connectivity index (χ2v) is 8.10. The summed E-state index contributed by atoms with van der Waals surface area (Å²) in [5.74, 6) is -0.177. The molecule has 35 heavy (non-hydrogen) atoms. The van der Waals surface area contributed by atoms with Crippen LogP contribution in [0.3, 0.4) is 0 Å². The number of aromatic nitrogens is 6. The number of hydrogen-bond acceptors (Lipinski definition) is 7. The second-order valence-electron chi connectivity index (χ2n) is 8.10. The van der Waals surface area contributed by atoms with Gasteiger partial charge in [0.1, 0.15) is 11.5 Å². The highest BCUT2D eigenvalue weighted by molar-refractivity contribution is 5.99. The van der Waals surface area contributed by atoms with Crippen molar-refractivity contribution in [2.75, 3.05) is 11.5 Å². The van der Waals surface area contributed by atoms with Gasteiger partial charge in [0.25, 0.3) is 0 Å². The van der Waals surface area contributed by atoms with Gasteiger partial charge >= 0.3 is 0 Å². The van der Waals surface area contributed by atoms with Gasteiger partial charge in [0.2, 0.25) is 5.95 Å². The van der Waals surface area contributed by atoms with Gasteiger partial charge in [-0.2, -0.15) is 5.10 Å². The molecule has 0 saturated carbocycles. The lowest BCUT2D eigenvalue weighted by atomic mass is 10.0. The van der Waals surface area contributed by atoms with Crippen LogP contribution >= 0.6 is 0 Å². The number of anilines is 2. The molecule has 4 heterocycles. The fourth-order valence-corrected chi connectivity index (χ4v) is 4.22. The van der Waals surface area contributed by atoms with E-state index in [0.717, 1.165) is 16.5 Å². The van der Waals surface area contributed by atoms with Crippen LogP contribution < -0.4 is 11.5 Å². The van der Waals surface area contributed by atoms with Crippen LogP contribution in [0.2, 0.25) is 0 Å². The molecule has 0 aliphatic carbocycles. The average Bonchev–Trinajstić information content (AvgIpc) is 3.24. The summed E-state index contributed by atoms with van der Waals surface area (Å²) in [6.45, 7) is 0.296. The molecule has 2 aromatic carbocycles. The molecule has 0 saturated heterocycles. The Bertz CT molecular complexity index is 1710. The lowest BCUT2D eigenvalue weighted by molar-refractivity contribution is 0.630. The molecule has 0 unspecified atom stereocenters. The van der Waals surface area contributed by atoms with Gasteiger partial charge in [0.15, 0.2) is 5.65 Å². The molecule has 0 radical (unpaired) electrons. The van der Waals surface area contributed by atoms with Gasteiger partial charge in [-0.1, -0.05) is 30.3 Å². The largest absolute Gasteiger partial charge is 0.398 e. The second kappa shape index (κ2) is 8.14. The minimum Gasteiger partial charge on any atom is -0.398 e. The number of fused-ring (bicyclic) bond motifs is 2. The normalized spacial score (nSPS) is 11.3. The summed E-state index contributed by atoms with van der Waals surface area (Å²) < 4.78 is 16.6. The summed E-state index contributed by atoms with van der Waals surface area (Å²) in [6, 6.07) is 18.1. The number of nitrogens with zero attached hydrogens (tertiary/aromatic N) is 6. The number of para-hydroxylation sites is 1. The molecule has 0 aliphatic heterocycles. The Labute approximate surface area is 199 Å². The molecule has 0 amide bonds. The highest BCUT2D eigenvalue weighted by atomic mass is 19.1. The van der Waals surface area contributed by atoms with E-state index in [4.69, 9.17) is 21.5 Å². The molecule has 4 aromatic heterocycles. The Kier molecular flexibility index (Phi) is 4.81. The molecule has 0 fully saturated rings. The topological polar surface area (TPSA) is 121 Å². The monoisotopic (exact) mass is 462 g/mol. The standard InChI is InChI=1S/C26H19FN8/c27-19-7-3-2-6-18(19)23-16(11-15-5-1-4-8-21(15)33-23)14-35-25-22(20(28)9-10-30-25)24(34-35)17-12-31-26(29)32-13-17/h1-13H,14H2,(H2,28,30)(H2,29,31,32). The van der Waals surface area contributed by atoms with E-state index in [9.17, 15) is 4.39 Å².